The van der Waals surface area contributed by atoms with Gasteiger partial charge in [0.25, 0.3) is 0 Å². The van der Waals surface area contributed by atoms with Crippen LogP contribution in [-0.4, -0.2) is 39.9 Å². The normalized spacial score (nSPS) is 12.9. The Morgan fingerprint density at radius 3 is 0.781 bits per heavy atom. The highest BCUT2D eigenvalue weighted by atomic mass is 16.5. The maximum absolute atomic E-state index is 6.62. The van der Waals surface area contributed by atoms with Crippen molar-refractivity contribution in [3.63, 3.8) is 0 Å². The molecule has 6 heterocycles. The van der Waals surface area contributed by atoms with Crippen LogP contribution in [0.3, 0.4) is 0 Å². The fourth-order valence-corrected chi connectivity index (χ4v) is 20.2. The molecule has 4 aromatic heterocycles. The molecule has 26 rings (SSSR count). The average molecular weight is 1630 g/mol. The van der Waals surface area contributed by atoms with Gasteiger partial charge in [0, 0.05) is 88.3 Å². The molecule has 0 N–H and O–H groups in total. The summed E-state index contributed by atoms with van der Waals surface area (Å²) in [6, 6.07) is 154. The Hall–Kier alpha value is -17.1. The van der Waals surface area contributed by atoms with Gasteiger partial charge in [-0.1, -0.05) is 370 Å². The molecule has 10 heteroatoms. The molecule has 0 atom stereocenters. The topological polar surface area (TPSA) is 122 Å². The van der Waals surface area contributed by atoms with Gasteiger partial charge in [-0.3, -0.25) is 0 Å². The molecular weight excluding hydrogens is 1560 g/mol. The van der Waals surface area contributed by atoms with E-state index in [1.165, 1.54) is 55.3 Å². The van der Waals surface area contributed by atoms with Crippen LogP contribution in [-0.2, 0) is 10.8 Å². The molecule has 128 heavy (non-hydrogen) atoms. The van der Waals surface area contributed by atoms with E-state index in [0.717, 1.165) is 156 Å². The Labute approximate surface area is 738 Å². The zero-order valence-electron chi connectivity index (χ0n) is 69.0. The SMILES string of the molecule is c1ccc(-c2nc(-c3ccccc3)nc(-c3ccc(-c4ccc(-c5nc6ccccc6c6cc7c(cc56)-c5ccccc5C75c6ccccc6Oc6ccccc65)cc4)cc3)n2)cc1.c1ccc(-c2nc(-c3ccccc3)nc(-c3cccc(-c4ccc(-c5nc6ccccc6c6cc7c(cc56)-c5ccccc5C75c6ccccc6Oc6ccccc65)cc4)c3)n2)cc1. The van der Waals surface area contributed by atoms with Crippen LogP contribution in [0.25, 0.3) is 179 Å². The van der Waals surface area contributed by atoms with Gasteiger partial charge in [0.15, 0.2) is 34.9 Å². The quantitative estimate of drug-likeness (QED) is 0.122. The van der Waals surface area contributed by atoms with Crippen LogP contribution in [0.2, 0.25) is 0 Å². The molecule has 2 aliphatic carbocycles. The van der Waals surface area contributed by atoms with Gasteiger partial charge >= 0.3 is 0 Å². The lowest BCUT2D eigenvalue weighted by Gasteiger charge is -2.39. The maximum atomic E-state index is 6.62. The van der Waals surface area contributed by atoms with E-state index in [4.69, 9.17) is 49.3 Å². The molecule has 0 fully saturated rings. The number of benzene rings is 18. The summed E-state index contributed by atoms with van der Waals surface area (Å²) in [5.74, 6) is 7.38. The Morgan fingerprint density at radius 2 is 0.414 bits per heavy atom. The molecular formula is C118H72N8O2. The first-order valence-electron chi connectivity index (χ1n) is 43.3. The van der Waals surface area contributed by atoms with Gasteiger partial charge in [-0.15, -0.1) is 0 Å². The summed E-state index contributed by atoms with van der Waals surface area (Å²) in [5.41, 5.74) is 29.4. The van der Waals surface area contributed by atoms with Crippen LogP contribution in [0.15, 0.2) is 437 Å². The summed E-state index contributed by atoms with van der Waals surface area (Å²) in [4.78, 5) is 40.4. The van der Waals surface area contributed by atoms with Crippen molar-refractivity contribution in [2.45, 2.75) is 10.8 Å². The number of pyridine rings is 2. The van der Waals surface area contributed by atoms with Gasteiger partial charge in [0.2, 0.25) is 0 Å². The van der Waals surface area contributed by atoms with Gasteiger partial charge in [-0.05, 0) is 144 Å². The highest BCUT2D eigenvalue weighted by Crippen LogP contribution is 2.65. The molecule has 596 valence electrons. The number of fused-ring (bicyclic) bond motifs is 24. The molecule has 0 amide bonds. The minimum Gasteiger partial charge on any atom is -0.457 e. The van der Waals surface area contributed by atoms with E-state index in [9.17, 15) is 0 Å². The molecule has 10 nitrogen and oxygen atoms in total. The van der Waals surface area contributed by atoms with E-state index in [1.807, 2.05) is 121 Å². The first-order valence-corrected chi connectivity index (χ1v) is 43.3. The van der Waals surface area contributed by atoms with Crippen molar-refractivity contribution < 1.29 is 9.47 Å². The summed E-state index contributed by atoms with van der Waals surface area (Å²) in [6.07, 6.45) is 0. The van der Waals surface area contributed by atoms with E-state index in [0.29, 0.717) is 34.9 Å². The van der Waals surface area contributed by atoms with E-state index >= 15 is 0 Å². The van der Waals surface area contributed by atoms with Crippen molar-refractivity contribution in [1.29, 1.82) is 0 Å². The Balaban J connectivity index is 0.000000139. The molecule has 0 radical (unpaired) electrons. The van der Waals surface area contributed by atoms with Crippen LogP contribution in [0.1, 0.15) is 44.5 Å². The van der Waals surface area contributed by atoms with Gasteiger partial charge in [-0.25, -0.2) is 39.9 Å². The predicted molar refractivity (Wildman–Crippen MR) is 514 cm³/mol. The summed E-state index contributed by atoms with van der Waals surface area (Å²) >= 11 is 0. The predicted octanol–water partition coefficient (Wildman–Crippen LogP) is 28.8. The smallest absolute Gasteiger partial charge is 0.164 e. The van der Waals surface area contributed by atoms with Crippen molar-refractivity contribution in [1.82, 2.24) is 39.9 Å². The van der Waals surface area contributed by atoms with E-state index < -0.39 is 10.8 Å². The largest absolute Gasteiger partial charge is 0.457 e. The minimum absolute atomic E-state index is 0.550. The van der Waals surface area contributed by atoms with Crippen molar-refractivity contribution >= 4 is 43.4 Å². The number of hydrogen-bond donors (Lipinski definition) is 0. The molecule has 2 aliphatic heterocycles. The third kappa shape index (κ3) is 11.9. The highest BCUT2D eigenvalue weighted by molar-refractivity contribution is 6.15. The second-order valence-electron chi connectivity index (χ2n) is 33.0. The highest BCUT2D eigenvalue weighted by Gasteiger charge is 2.53. The van der Waals surface area contributed by atoms with Gasteiger partial charge < -0.3 is 9.47 Å². The van der Waals surface area contributed by atoms with Gasteiger partial charge in [0.05, 0.1) is 33.3 Å². The molecule has 2 spiro atoms. The summed E-state index contributed by atoms with van der Waals surface area (Å²) in [7, 11) is 0. The zero-order chi connectivity index (χ0) is 84.4. The Morgan fingerprint density at radius 1 is 0.148 bits per heavy atom. The van der Waals surface area contributed by atoms with E-state index in [-0.39, 0.29) is 0 Å². The number of aromatic nitrogens is 8. The maximum Gasteiger partial charge on any atom is 0.164 e. The molecule has 0 unspecified atom stereocenters. The Bertz CT molecular complexity index is 8030. The van der Waals surface area contributed by atoms with Crippen LogP contribution >= 0.6 is 0 Å². The average Bonchev–Trinajstić information content (AvgIpc) is 1.51. The third-order valence-corrected chi connectivity index (χ3v) is 26.0. The second kappa shape index (κ2) is 29.9. The second-order valence-corrected chi connectivity index (χ2v) is 33.0. The molecule has 0 saturated carbocycles. The van der Waals surface area contributed by atoms with Crippen LogP contribution < -0.4 is 9.47 Å². The molecule has 0 saturated heterocycles. The lowest BCUT2D eigenvalue weighted by atomic mass is 9.66. The van der Waals surface area contributed by atoms with Gasteiger partial charge in [-0.2, -0.15) is 0 Å². The number of hydrogen-bond acceptors (Lipinski definition) is 10. The number of ether oxygens (including phenoxy) is 2. The first-order chi connectivity index (χ1) is 63.4. The lowest BCUT2D eigenvalue weighted by molar-refractivity contribution is 0.436. The fourth-order valence-electron chi connectivity index (χ4n) is 20.2. The summed E-state index contributed by atoms with van der Waals surface area (Å²) in [6.45, 7) is 0. The van der Waals surface area contributed by atoms with Crippen molar-refractivity contribution in [3.05, 3.63) is 481 Å². The van der Waals surface area contributed by atoms with Crippen LogP contribution in [0.5, 0.6) is 23.0 Å². The summed E-state index contributed by atoms with van der Waals surface area (Å²) in [5, 5.41) is 6.85. The molecule has 18 aromatic carbocycles. The monoisotopic (exact) mass is 1630 g/mol. The first kappa shape index (κ1) is 73.6. The van der Waals surface area contributed by atoms with E-state index in [1.54, 1.807) is 0 Å². The zero-order valence-corrected chi connectivity index (χ0v) is 69.0. The molecule has 4 aliphatic rings. The fraction of sp³-hybridized carbons (Fsp3) is 0.0169. The summed E-state index contributed by atoms with van der Waals surface area (Å²) < 4.78 is 13.2. The minimum atomic E-state index is -0.556. The van der Waals surface area contributed by atoms with Crippen LogP contribution in [0, 0.1) is 0 Å². The van der Waals surface area contributed by atoms with Crippen molar-refractivity contribution in [3.8, 4) is 158 Å². The third-order valence-electron chi connectivity index (χ3n) is 26.0. The van der Waals surface area contributed by atoms with Gasteiger partial charge in [0.1, 0.15) is 23.0 Å². The molecule has 0 bridgehead atoms. The van der Waals surface area contributed by atoms with Crippen molar-refractivity contribution in [2.75, 3.05) is 0 Å². The standard InChI is InChI=1S/2C59H36N4O/c1-3-16-39(17-4-1)56-61-57(40-18-5-2-6-19-40)63-58(62-56)42-21-15-20-41(34-42)37-30-32-38(33-31-37)55-47-35-46-43-22-7-9-24-48(43)59(51(46)36-45(47)44-23-8-12-27-52(44)60-55)49-25-10-13-28-53(49)64-54-29-14-11-26-50(54)59;1-3-15-40(16-4-1)56-61-57(41-17-5-2-6-18-41)63-58(62-56)42-33-29-38(30-34-42)37-27-31-39(32-28-37)55-47-35-46-43-19-7-9-21-48(43)59(51(46)36-45(47)44-20-8-12-24-52(44)60-55)49-22-10-13-25-53(49)64-54-26-14-11-23-50(54)59/h2*1-36H. The lowest BCUT2D eigenvalue weighted by Crippen LogP contribution is -2.32. The van der Waals surface area contributed by atoms with Crippen LogP contribution in [0.4, 0.5) is 0 Å². The molecule has 22 aromatic rings. The number of nitrogens with zero attached hydrogens (tertiary/aromatic N) is 8. The Kier molecular flexibility index (Phi) is 17.2. The number of para-hydroxylation sites is 6. The van der Waals surface area contributed by atoms with E-state index in [2.05, 4.69) is 315 Å². The van der Waals surface area contributed by atoms with Crippen molar-refractivity contribution in [2.24, 2.45) is 0 Å². The number of rotatable bonds is 10.